The van der Waals surface area contributed by atoms with E-state index in [1.54, 1.807) is 6.92 Å². The Morgan fingerprint density at radius 2 is 2.36 bits per heavy atom. The topological polar surface area (TPSA) is 63.3 Å². The Bertz CT molecular complexity index is 277. The van der Waals surface area contributed by atoms with Gasteiger partial charge in [0.1, 0.15) is 5.76 Å². The van der Waals surface area contributed by atoms with Crippen LogP contribution in [-0.2, 0) is 6.42 Å². The number of hydrogen-bond donors (Lipinski definition) is 1. The maximum atomic E-state index is 10.5. The minimum atomic E-state index is -1.03. The monoisotopic (exact) mass is 155 g/mol. The summed E-state index contributed by atoms with van der Waals surface area (Å²) in [6.07, 6.45) is 0.558. The van der Waals surface area contributed by atoms with Crippen molar-refractivity contribution in [3.8, 4) is 0 Å². The summed E-state index contributed by atoms with van der Waals surface area (Å²) >= 11 is 0. The number of aryl methyl sites for hydroxylation is 2. The summed E-state index contributed by atoms with van der Waals surface area (Å²) in [5.41, 5.74) is 0.0324. The van der Waals surface area contributed by atoms with Gasteiger partial charge in [-0.3, -0.25) is 0 Å². The zero-order chi connectivity index (χ0) is 8.43. The summed E-state index contributed by atoms with van der Waals surface area (Å²) in [4.78, 5) is 14.2. The number of oxazole rings is 1. The summed E-state index contributed by atoms with van der Waals surface area (Å²) in [6.45, 7) is 3.46. The molecule has 0 aliphatic rings. The number of aromatic nitrogens is 1. The zero-order valence-corrected chi connectivity index (χ0v) is 6.42. The largest absolute Gasteiger partial charge is 0.476 e. The van der Waals surface area contributed by atoms with Crippen LogP contribution in [0.4, 0.5) is 0 Å². The van der Waals surface area contributed by atoms with Crippen LogP contribution in [0, 0.1) is 6.92 Å². The van der Waals surface area contributed by atoms with Crippen LogP contribution in [0.25, 0.3) is 0 Å². The number of rotatable bonds is 2. The second kappa shape index (κ2) is 2.74. The van der Waals surface area contributed by atoms with Gasteiger partial charge in [-0.05, 0) is 0 Å². The molecule has 1 N–H and O–H groups in total. The fourth-order valence-electron chi connectivity index (χ4n) is 0.876. The van der Waals surface area contributed by atoms with E-state index in [1.165, 1.54) is 0 Å². The van der Waals surface area contributed by atoms with Crippen LogP contribution in [-0.4, -0.2) is 16.1 Å². The van der Waals surface area contributed by atoms with Crippen molar-refractivity contribution in [2.45, 2.75) is 20.3 Å². The lowest BCUT2D eigenvalue weighted by atomic mass is 10.3. The molecule has 4 nitrogen and oxygen atoms in total. The van der Waals surface area contributed by atoms with E-state index in [0.717, 1.165) is 0 Å². The Morgan fingerprint density at radius 1 is 1.73 bits per heavy atom. The minimum Gasteiger partial charge on any atom is -0.476 e. The molecule has 1 rings (SSSR count). The number of nitrogens with zero attached hydrogens (tertiary/aromatic N) is 1. The van der Waals surface area contributed by atoms with Crippen molar-refractivity contribution in [2.24, 2.45) is 0 Å². The van der Waals surface area contributed by atoms with E-state index in [-0.39, 0.29) is 5.69 Å². The normalized spacial score (nSPS) is 10.0. The van der Waals surface area contributed by atoms with Gasteiger partial charge in [-0.2, -0.15) is 0 Å². The third-order valence-corrected chi connectivity index (χ3v) is 1.33. The first-order valence-electron chi connectivity index (χ1n) is 3.34. The summed E-state index contributed by atoms with van der Waals surface area (Å²) in [5.74, 6) is -0.187. The number of carboxylic acids is 1. The van der Waals surface area contributed by atoms with E-state index in [2.05, 4.69) is 4.98 Å². The molecular weight excluding hydrogens is 146 g/mol. The van der Waals surface area contributed by atoms with Crippen molar-refractivity contribution < 1.29 is 14.3 Å². The number of aromatic carboxylic acids is 1. The second-order valence-corrected chi connectivity index (χ2v) is 2.16. The average molecular weight is 155 g/mol. The first-order chi connectivity index (χ1) is 5.15. The molecule has 0 radical (unpaired) electrons. The van der Waals surface area contributed by atoms with Crippen LogP contribution in [0.15, 0.2) is 4.42 Å². The molecule has 1 aromatic rings. The van der Waals surface area contributed by atoms with Crippen LogP contribution in [0.1, 0.15) is 29.1 Å². The molecule has 0 saturated heterocycles. The first-order valence-corrected chi connectivity index (χ1v) is 3.34. The smallest absolute Gasteiger partial charge is 0.358 e. The van der Waals surface area contributed by atoms with Crippen molar-refractivity contribution in [3.05, 3.63) is 17.3 Å². The SMILES string of the molecule is CCc1oc(C)nc1C(=O)O. The third-order valence-electron chi connectivity index (χ3n) is 1.33. The van der Waals surface area contributed by atoms with Gasteiger partial charge >= 0.3 is 5.97 Å². The highest BCUT2D eigenvalue weighted by atomic mass is 16.4. The molecule has 0 fully saturated rings. The van der Waals surface area contributed by atoms with E-state index in [0.29, 0.717) is 18.1 Å². The number of carboxylic acid groups (broad SMARTS) is 1. The van der Waals surface area contributed by atoms with Crippen LogP contribution in [0.5, 0.6) is 0 Å². The molecule has 0 aliphatic carbocycles. The molecule has 1 heterocycles. The van der Waals surface area contributed by atoms with Crippen LogP contribution in [0.3, 0.4) is 0 Å². The molecule has 0 bridgehead atoms. The van der Waals surface area contributed by atoms with Gasteiger partial charge in [-0.25, -0.2) is 9.78 Å². The quantitative estimate of drug-likeness (QED) is 0.697. The summed E-state index contributed by atoms with van der Waals surface area (Å²) in [7, 11) is 0. The minimum absolute atomic E-state index is 0.0324. The van der Waals surface area contributed by atoms with Crippen molar-refractivity contribution in [2.75, 3.05) is 0 Å². The predicted molar refractivity (Wildman–Crippen MR) is 37.6 cm³/mol. The summed E-state index contributed by atoms with van der Waals surface area (Å²) < 4.78 is 5.03. The molecular formula is C7H9NO3. The lowest BCUT2D eigenvalue weighted by Gasteiger charge is -1.88. The molecule has 11 heavy (non-hydrogen) atoms. The van der Waals surface area contributed by atoms with Gasteiger partial charge in [0.05, 0.1) is 0 Å². The Hall–Kier alpha value is -1.32. The number of carbonyl (C=O) groups is 1. The standard InChI is InChI=1S/C7H9NO3/c1-3-5-6(7(9)10)8-4(2)11-5/h3H2,1-2H3,(H,9,10). The second-order valence-electron chi connectivity index (χ2n) is 2.16. The van der Waals surface area contributed by atoms with Crippen molar-refractivity contribution in [1.29, 1.82) is 0 Å². The zero-order valence-electron chi connectivity index (χ0n) is 6.42. The molecule has 4 heteroatoms. The highest BCUT2D eigenvalue weighted by Gasteiger charge is 2.15. The maximum absolute atomic E-state index is 10.5. The molecule has 0 aliphatic heterocycles. The molecule has 0 saturated carbocycles. The van der Waals surface area contributed by atoms with Crippen LogP contribution in [0.2, 0.25) is 0 Å². The highest BCUT2D eigenvalue weighted by Crippen LogP contribution is 2.10. The van der Waals surface area contributed by atoms with Gasteiger partial charge in [0, 0.05) is 13.3 Å². The lowest BCUT2D eigenvalue weighted by molar-refractivity contribution is 0.0689. The highest BCUT2D eigenvalue weighted by molar-refractivity contribution is 5.86. The Morgan fingerprint density at radius 3 is 2.73 bits per heavy atom. The Kier molecular flexibility index (Phi) is 1.94. The van der Waals surface area contributed by atoms with Gasteiger partial charge in [0.2, 0.25) is 0 Å². The summed E-state index contributed by atoms with van der Waals surface area (Å²) in [5, 5.41) is 8.59. The molecule has 0 spiro atoms. The van der Waals surface area contributed by atoms with E-state index in [9.17, 15) is 4.79 Å². The molecule has 0 aromatic carbocycles. The number of hydrogen-bond acceptors (Lipinski definition) is 3. The van der Waals surface area contributed by atoms with E-state index in [4.69, 9.17) is 9.52 Å². The third kappa shape index (κ3) is 1.39. The predicted octanol–water partition coefficient (Wildman–Crippen LogP) is 1.24. The van der Waals surface area contributed by atoms with Crippen LogP contribution >= 0.6 is 0 Å². The van der Waals surface area contributed by atoms with Crippen LogP contribution < -0.4 is 0 Å². The van der Waals surface area contributed by atoms with Crippen molar-refractivity contribution in [3.63, 3.8) is 0 Å². The maximum Gasteiger partial charge on any atom is 0.358 e. The molecule has 0 atom stereocenters. The Balaban J connectivity index is 3.12. The van der Waals surface area contributed by atoms with E-state index < -0.39 is 5.97 Å². The van der Waals surface area contributed by atoms with Crippen molar-refractivity contribution >= 4 is 5.97 Å². The molecule has 0 unspecified atom stereocenters. The average Bonchev–Trinajstić information content (AvgIpc) is 2.30. The van der Waals surface area contributed by atoms with Gasteiger partial charge in [-0.15, -0.1) is 0 Å². The fourth-order valence-corrected chi connectivity index (χ4v) is 0.876. The summed E-state index contributed by atoms with van der Waals surface area (Å²) in [6, 6.07) is 0. The van der Waals surface area contributed by atoms with Crippen molar-refractivity contribution in [1.82, 2.24) is 4.98 Å². The van der Waals surface area contributed by atoms with E-state index >= 15 is 0 Å². The fraction of sp³-hybridized carbons (Fsp3) is 0.429. The molecule has 60 valence electrons. The first kappa shape index (κ1) is 7.78. The van der Waals surface area contributed by atoms with E-state index in [1.807, 2.05) is 6.92 Å². The van der Waals surface area contributed by atoms with Gasteiger partial charge in [-0.1, -0.05) is 6.92 Å². The van der Waals surface area contributed by atoms with Gasteiger partial charge in [0.25, 0.3) is 0 Å². The van der Waals surface area contributed by atoms with Gasteiger partial charge in [0.15, 0.2) is 11.6 Å². The molecule has 0 amide bonds. The lowest BCUT2D eigenvalue weighted by Crippen LogP contribution is -2.00. The molecule has 1 aromatic heterocycles. The Labute approximate surface area is 63.9 Å². The van der Waals surface area contributed by atoms with Gasteiger partial charge < -0.3 is 9.52 Å².